The van der Waals surface area contributed by atoms with E-state index < -0.39 is 0 Å². The van der Waals surface area contributed by atoms with Gasteiger partial charge in [0.25, 0.3) is 5.91 Å². The van der Waals surface area contributed by atoms with Gasteiger partial charge in [-0.2, -0.15) is 0 Å². The Labute approximate surface area is 193 Å². The van der Waals surface area contributed by atoms with E-state index in [1.807, 2.05) is 23.7 Å². The van der Waals surface area contributed by atoms with Gasteiger partial charge in [-0.05, 0) is 86.7 Å². The molecule has 32 heavy (non-hydrogen) atoms. The zero-order chi connectivity index (χ0) is 21.9. The highest BCUT2D eigenvalue weighted by Gasteiger charge is 2.26. The number of carbonyl (C=O) groups excluding carboxylic acids is 1. The van der Waals surface area contributed by atoms with Crippen molar-refractivity contribution < 1.29 is 4.79 Å². The smallest absolute Gasteiger partial charge is 0.251 e. The van der Waals surface area contributed by atoms with Gasteiger partial charge in [0.1, 0.15) is 0 Å². The van der Waals surface area contributed by atoms with E-state index in [0.29, 0.717) is 6.04 Å². The normalized spacial score (nSPS) is 18.5. The van der Waals surface area contributed by atoms with Crippen LogP contribution in [0.15, 0.2) is 71.3 Å². The first kappa shape index (κ1) is 21.1. The molecule has 164 valence electrons. The van der Waals surface area contributed by atoms with Crippen LogP contribution in [-0.2, 0) is 4.79 Å². The SMILES string of the molecule is CC(C1=C(c2ccccc2)CCC(C(=O)Nc2ccc3scnc3c2)=C1)N1CCCCC1. The Kier molecular flexibility index (Phi) is 6.19. The molecule has 2 aliphatic rings. The molecule has 1 aliphatic carbocycles. The van der Waals surface area contributed by atoms with Gasteiger partial charge in [-0.25, -0.2) is 4.98 Å². The molecule has 4 nitrogen and oxygen atoms in total. The molecule has 0 spiro atoms. The summed E-state index contributed by atoms with van der Waals surface area (Å²) in [7, 11) is 0. The molecule has 1 saturated heterocycles. The van der Waals surface area contributed by atoms with Crippen molar-refractivity contribution >= 4 is 38.7 Å². The summed E-state index contributed by atoms with van der Waals surface area (Å²) in [5, 5.41) is 3.11. The molecule has 0 radical (unpaired) electrons. The van der Waals surface area contributed by atoms with Gasteiger partial charge in [0, 0.05) is 17.3 Å². The lowest BCUT2D eigenvalue weighted by Crippen LogP contribution is -2.39. The highest BCUT2D eigenvalue weighted by Crippen LogP contribution is 2.35. The third-order valence-electron chi connectivity index (χ3n) is 6.71. The van der Waals surface area contributed by atoms with Gasteiger partial charge in [0.05, 0.1) is 15.7 Å². The summed E-state index contributed by atoms with van der Waals surface area (Å²) >= 11 is 1.61. The fourth-order valence-electron chi connectivity index (χ4n) is 4.90. The number of rotatable bonds is 5. The Hall–Kier alpha value is -2.76. The standard InChI is InChI=1S/C27H29N3OS/c1-19(30-14-6-3-7-15-30)24-16-21(10-12-23(24)20-8-4-2-5-9-20)27(31)29-22-11-13-26-25(17-22)28-18-32-26/h2,4-5,8-9,11,13,16-19H,3,6-7,10,12,14-15H2,1H3,(H,29,31). The van der Waals surface area contributed by atoms with Gasteiger partial charge < -0.3 is 5.32 Å². The topological polar surface area (TPSA) is 45.2 Å². The zero-order valence-electron chi connectivity index (χ0n) is 18.5. The molecule has 1 atom stereocenters. The number of aromatic nitrogens is 1. The van der Waals surface area contributed by atoms with Crippen LogP contribution >= 0.6 is 11.3 Å². The summed E-state index contributed by atoms with van der Waals surface area (Å²) in [6.45, 7) is 4.57. The number of allylic oxidation sites excluding steroid dienone is 1. The largest absolute Gasteiger partial charge is 0.322 e. The summed E-state index contributed by atoms with van der Waals surface area (Å²) in [4.78, 5) is 20.1. The lowest BCUT2D eigenvalue weighted by atomic mass is 9.84. The summed E-state index contributed by atoms with van der Waals surface area (Å²) in [5.74, 6) is -0.00460. The number of benzene rings is 2. The molecule has 2 aromatic carbocycles. The second kappa shape index (κ2) is 9.39. The molecule has 0 bridgehead atoms. The third-order valence-corrected chi connectivity index (χ3v) is 7.52. The summed E-state index contributed by atoms with van der Waals surface area (Å²) in [6, 6.07) is 16.9. The number of anilines is 1. The van der Waals surface area contributed by atoms with Crippen LogP contribution in [0.25, 0.3) is 15.8 Å². The van der Waals surface area contributed by atoms with Crippen LogP contribution in [0.5, 0.6) is 0 Å². The van der Waals surface area contributed by atoms with E-state index >= 15 is 0 Å². The minimum atomic E-state index is -0.00460. The molecule has 1 amide bonds. The number of fused-ring (bicyclic) bond motifs is 1. The predicted octanol–water partition coefficient (Wildman–Crippen LogP) is 6.28. The molecule has 5 heteroatoms. The molecule has 2 heterocycles. The zero-order valence-corrected chi connectivity index (χ0v) is 19.3. The van der Waals surface area contributed by atoms with Crippen LogP contribution in [0.1, 0.15) is 44.6 Å². The Bertz CT molecular complexity index is 1170. The fraction of sp³-hybridized carbons (Fsp3) is 0.333. The molecule has 3 aromatic rings. The number of nitrogens with zero attached hydrogens (tertiary/aromatic N) is 2. The average Bonchev–Trinajstić information content (AvgIpc) is 3.32. The lowest BCUT2D eigenvalue weighted by molar-refractivity contribution is -0.113. The first-order chi connectivity index (χ1) is 15.7. The number of amides is 1. The first-order valence-corrected chi connectivity index (χ1v) is 12.4. The number of likely N-dealkylation sites (tertiary alicyclic amines) is 1. The van der Waals surface area contributed by atoms with Crippen LogP contribution in [0.3, 0.4) is 0 Å². The number of nitrogens with one attached hydrogen (secondary N) is 1. The van der Waals surface area contributed by atoms with Crippen LogP contribution in [0.2, 0.25) is 0 Å². The molecule has 5 rings (SSSR count). The van der Waals surface area contributed by atoms with E-state index in [4.69, 9.17) is 0 Å². The molecular formula is C27H29N3OS. The van der Waals surface area contributed by atoms with Crippen molar-refractivity contribution in [2.75, 3.05) is 18.4 Å². The van der Waals surface area contributed by atoms with Crippen LogP contribution < -0.4 is 5.32 Å². The van der Waals surface area contributed by atoms with E-state index in [-0.39, 0.29) is 5.91 Å². The highest BCUT2D eigenvalue weighted by atomic mass is 32.1. The second-order valence-corrected chi connectivity index (χ2v) is 9.62. The predicted molar refractivity (Wildman–Crippen MR) is 134 cm³/mol. The molecule has 0 saturated carbocycles. The molecule has 1 aliphatic heterocycles. The van der Waals surface area contributed by atoms with Crippen LogP contribution in [0, 0.1) is 0 Å². The van der Waals surface area contributed by atoms with Gasteiger partial charge in [0.2, 0.25) is 0 Å². The number of piperidine rings is 1. The number of carbonyl (C=O) groups is 1. The average molecular weight is 444 g/mol. The first-order valence-electron chi connectivity index (χ1n) is 11.6. The van der Waals surface area contributed by atoms with E-state index in [9.17, 15) is 4.79 Å². The Morgan fingerprint density at radius 2 is 1.88 bits per heavy atom. The molecular weight excluding hydrogens is 414 g/mol. The van der Waals surface area contributed by atoms with Crippen molar-refractivity contribution in [3.63, 3.8) is 0 Å². The number of thiazole rings is 1. The monoisotopic (exact) mass is 443 g/mol. The van der Waals surface area contributed by atoms with Gasteiger partial charge in [-0.3, -0.25) is 9.69 Å². The second-order valence-electron chi connectivity index (χ2n) is 8.73. The quantitative estimate of drug-likeness (QED) is 0.504. The lowest BCUT2D eigenvalue weighted by Gasteiger charge is -2.35. The number of hydrogen-bond acceptors (Lipinski definition) is 4. The van der Waals surface area contributed by atoms with Gasteiger partial charge >= 0.3 is 0 Å². The summed E-state index contributed by atoms with van der Waals surface area (Å²) < 4.78 is 1.13. The maximum atomic E-state index is 13.2. The Morgan fingerprint density at radius 3 is 2.69 bits per heavy atom. The van der Waals surface area contributed by atoms with E-state index in [2.05, 4.69) is 58.5 Å². The summed E-state index contributed by atoms with van der Waals surface area (Å²) in [5.41, 5.74) is 8.38. The van der Waals surface area contributed by atoms with Crippen LogP contribution in [0.4, 0.5) is 5.69 Å². The van der Waals surface area contributed by atoms with Crippen molar-refractivity contribution in [3.05, 3.63) is 76.8 Å². The van der Waals surface area contributed by atoms with Crippen molar-refractivity contribution in [2.45, 2.75) is 45.1 Å². The Balaban J connectivity index is 1.45. The maximum absolute atomic E-state index is 13.2. The van der Waals surface area contributed by atoms with Crippen LogP contribution in [-0.4, -0.2) is 34.9 Å². The minimum absolute atomic E-state index is 0.00460. The van der Waals surface area contributed by atoms with E-state index in [1.54, 1.807) is 11.3 Å². The van der Waals surface area contributed by atoms with E-state index in [1.165, 1.54) is 36.0 Å². The molecule has 1 unspecified atom stereocenters. The Morgan fingerprint density at radius 1 is 1.06 bits per heavy atom. The van der Waals surface area contributed by atoms with Crippen molar-refractivity contribution in [2.24, 2.45) is 0 Å². The van der Waals surface area contributed by atoms with Crippen molar-refractivity contribution in [1.29, 1.82) is 0 Å². The van der Waals surface area contributed by atoms with Gasteiger partial charge in [-0.1, -0.05) is 36.8 Å². The van der Waals surface area contributed by atoms with E-state index in [0.717, 1.165) is 47.4 Å². The molecule has 1 N–H and O–H groups in total. The third kappa shape index (κ3) is 4.41. The minimum Gasteiger partial charge on any atom is -0.322 e. The van der Waals surface area contributed by atoms with Gasteiger partial charge in [0.15, 0.2) is 0 Å². The number of hydrogen-bond donors (Lipinski definition) is 1. The van der Waals surface area contributed by atoms with Gasteiger partial charge in [-0.15, -0.1) is 11.3 Å². The molecule has 1 aromatic heterocycles. The molecule has 1 fully saturated rings. The van der Waals surface area contributed by atoms with Crippen molar-refractivity contribution in [3.8, 4) is 0 Å². The van der Waals surface area contributed by atoms with Crippen molar-refractivity contribution in [1.82, 2.24) is 9.88 Å². The highest BCUT2D eigenvalue weighted by molar-refractivity contribution is 7.16. The maximum Gasteiger partial charge on any atom is 0.251 e. The fourth-order valence-corrected chi connectivity index (χ4v) is 5.56. The summed E-state index contributed by atoms with van der Waals surface area (Å²) in [6.07, 6.45) is 7.65.